The molecule has 2 rings (SSSR count). The number of rotatable bonds is 5. The van der Waals surface area contributed by atoms with Crippen LogP contribution in [0.25, 0.3) is 0 Å². The lowest BCUT2D eigenvalue weighted by atomic mass is 10.1. The first-order valence-electron chi connectivity index (χ1n) is 8.78. The van der Waals surface area contributed by atoms with E-state index in [1.54, 1.807) is 0 Å². The molecule has 0 saturated heterocycles. The van der Waals surface area contributed by atoms with Crippen LogP contribution in [0.3, 0.4) is 0 Å². The van der Waals surface area contributed by atoms with Crippen molar-refractivity contribution >= 4 is 5.91 Å². The van der Waals surface area contributed by atoms with Gasteiger partial charge in [0.15, 0.2) is 0 Å². The van der Waals surface area contributed by atoms with Crippen molar-refractivity contribution in [1.29, 1.82) is 0 Å². The smallest absolute Gasteiger partial charge is 0.252 e. The molecule has 2 N–H and O–H groups in total. The van der Waals surface area contributed by atoms with Gasteiger partial charge in [0.25, 0.3) is 5.91 Å². The van der Waals surface area contributed by atoms with Gasteiger partial charge in [-0.15, -0.1) is 0 Å². The van der Waals surface area contributed by atoms with E-state index in [0.29, 0.717) is 5.56 Å². The van der Waals surface area contributed by atoms with Crippen molar-refractivity contribution in [2.75, 3.05) is 7.05 Å². The second kappa shape index (κ2) is 13.3. The quantitative estimate of drug-likeness (QED) is 0.790. The van der Waals surface area contributed by atoms with E-state index in [1.165, 1.54) is 5.56 Å². The van der Waals surface area contributed by atoms with Crippen LogP contribution in [-0.2, 0) is 6.42 Å². The third-order valence-electron chi connectivity index (χ3n) is 3.22. The van der Waals surface area contributed by atoms with Crippen LogP contribution in [-0.4, -0.2) is 19.1 Å². The predicted molar refractivity (Wildman–Crippen MR) is 104 cm³/mol. The Morgan fingerprint density at radius 1 is 0.958 bits per heavy atom. The highest BCUT2D eigenvalue weighted by atomic mass is 16.1. The van der Waals surface area contributed by atoms with Crippen LogP contribution in [0.15, 0.2) is 54.6 Å². The van der Waals surface area contributed by atoms with Crippen molar-refractivity contribution in [3.63, 3.8) is 0 Å². The number of aryl methyl sites for hydroxylation is 1. The molecule has 0 aliphatic heterocycles. The minimum atomic E-state index is -0.0783. The van der Waals surface area contributed by atoms with Crippen LogP contribution in [0.4, 0.5) is 0 Å². The molecule has 0 fully saturated rings. The van der Waals surface area contributed by atoms with E-state index in [4.69, 9.17) is 0 Å². The highest BCUT2D eigenvalue weighted by Crippen LogP contribution is 2.06. The molecule has 2 aromatic rings. The second-order valence-corrected chi connectivity index (χ2v) is 4.87. The third kappa shape index (κ3) is 7.93. The van der Waals surface area contributed by atoms with Gasteiger partial charge in [0.2, 0.25) is 0 Å². The van der Waals surface area contributed by atoms with E-state index in [0.717, 1.165) is 12.0 Å². The number of carbonyl (C=O) groups is 1. The monoisotopic (exact) mass is 328 g/mol. The Kier molecular flexibility index (Phi) is 12.1. The fraction of sp³-hybridized carbons (Fsp3) is 0.381. The predicted octanol–water partition coefficient (Wildman–Crippen LogP) is 4.57. The van der Waals surface area contributed by atoms with Gasteiger partial charge in [-0.25, -0.2) is 0 Å². The molecule has 0 aliphatic rings. The molecule has 132 valence electrons. The van der Waals surface area contributed by atoms with Crippen LogP contribution in [0.1, 0.15) is 49.2 Å². The van der Waals surface area contributed by atoms with Crippen LogP contribution in [0, 0.1) is 6.92 Å². The summed E-state index contributed by atoms with van der Waals surface area (Å²) in [4.78, 5) is 12.2. The van der Waals surface area contributed by atoms with Gasteiger partial charge in [0, 0.05) is 12.0 Å². The van der Waals surface area contributed by atoms with Crippen LogP contribution >= 0.6 is 0 Å². The van der Waals surface area contributed by atoms with E-state index < -0.39 is 0 Å². The Balaban J connectivity index is 0.00000123. The number of amides is 1. The summed E-state index contributed by atoms with van der Waals surface area (Å²) in [5.41, 5.74) is 2.97. The lowest BCUT2D eigenvalue weighted by molar-refractivity contribution is 0.0931. The summed E-state index contributed by atoms with van der Waals surface area (Å²) < 4.78 is 0. The molecule has 1 amide bonds. The molecular weight excluding hydrogens is 296 g/mol. The summed E-state index contributed by atoms with van der Waals surface area (Å²) in [5.74, 6) is -0.0519. The van der Waals surface area contributed by atoms with E-state index in [1.807, 2.05) is 84.1 Å². The number of hydrogen-bond acceptors (Lipinski definition) is 2. The van der Waals surface area contributed by atoms with Crippen molar-refractivity contribution in [3.05, 3.63) is 71.3 Å². The average molecular weight is 329 g/mol. The fourth-order valence-corrected chi connectivity index (χ4v) is 2.10. The number of benzene rings is 2. The Morgan fingerprint density at radius 2 is 1.58 bits per heavy atom. The van der Waals surface area contributed by atoms with E-state index >= 15 is 0 Å². The van der Waals surface area contributed by atoms with Crippen molar-refractivity contribution in [1.82, 2.24) is 10.6 Å². The van der Waals surface area contributed by atoms with Gasteiger partial charge < -0.3 is 10.6 Å². The minimum absolute atomic E-state index is 0.0519. The molecule has 3 heteroatoms. The van der Waals surface area contributed by atoms with Gasteiger partial charge in [-0.05, 0) is 31.7 Å². The lowest BCUT2D eigenvalue weighted by Crippen LogP contribution is -2.45. The summed E-state index contributed by atoms with van der Waals surface area (Å²) in [6.45, 7) is 9.98. The Labute approximate surface area is 147 Å². The zero-order chi connectivity index (χ0) is 18.4. The van der Waals surface area contributed by atoms with Crippen molar-refractivity contribution in [2.24, 2.45) is 0 Å². The largest absolute Gasteiger partial charge is 0.336 e. The Bertz CT molecular complexity index is 567. The van der Waals surface area contributed by atoms with Crippen LogP contribution in [0.5, 0.6) is 0 Å². The van der Waals surface area contributed by atoms with Gasteiger partial charge in [-0.1, -0.05) is 75.7 Å². The minimum Gasteiger partial charge on any atom is -0.336 e. The average Bonchev–Trinajstić information content (AvgIpc) is 2.65. The van der Waals surface area contributed by atoms with Crippen LogP contribution < -0.4 is 10.6 Å². The number of carbonyl (C=O) groups excluding carboxylic acids is 1. The standard InChI is InChI=1S/C17H20N2O.2C2H6/c1-13-7-6-10-15(11-13)17(20)19-16(18-2)12-14-8-4-3-5-9-14;2*1-2/h3-11,16,18H,12H2,1-2H3,(H,19,20);2*1-2H3. The first-order valence-corrected chi connectivity index (χ1v) is 8.78. The van der Waals surface area contributed by atoms with E-state index in [-0.39, 0.29) is 12.1 Å². The lowest BCUT2D eigenvalue weighted by Gasteiger charge is -2.18. The zero-order valence-corrected chi connectivity index (χ0v) is 15.9. The molecule has 0 aliphatic carbocycles. The normalized spacial score (nSPS) is 10.4. The zero-order valence-electron chi connectivity index (χ0n) is 15.9. The van der Waals surface area contributed by atoms with Gasteiger partial charge in [-0.2, -0.15) is 0 Å². The SMILES string of the molecule is CC.CC.CNC(Cc1ccccc1)NC(=O)c1cccc(C)c1. The molecule has 0 bridgehead atoms. The van der Waals surface area contributed by atoms with Crippen molar-refractivity contribution < 1.29 is 4.79 Å². The van der Waals surface area contributed by atoms with Gasteiger partial charge >= 0.3 is 0 Å². The van der Waals surface area contributed by atoms with E-state index in [2.05, 4.69) is 22.8 Å². The molecule has 0 radical (unpaired) electrons. The van der Waals surface area contributed by atoms with Gasteiger partial charge in [0.05, 0.1) is 6.17 Å². The van der Waals surface area contributed by atoms with Gasteiger partial charge in [0.1, 0.15) is 0 Å². The molecule has 3 nitrogen and oxygen atoms in total. The summed E-state index contributed by atoms with van der Waals surface area (Å²) >= 11 is 0. The molecular formula is C21H32N2O. The third-order valence-corrected chi connectivity index (χ3v) is 3.22. The maximum Gasteiger partial charge on any atom is 0.252 e. The van der Waals surface area contributed by atoms with Crippen molar-refractivity contribution in [2.45, 2.75) is 47.2 Å². The van der Waals surface area contributed by atoms with Crippen LogP contribution in [0.2, 0.25) is 0 Å². The maximum atomic E-state index is 12.2. The molecule has 0 aromatic heterocycles. The van der Waals surface area contributed by atoms with Gasteiger partial charge in [-0.3, -0.25) is 4.79 Å². The molecule has 1 unspecified atom stereocenters. The first kappa shape index (κ1) is 21.9. The molecule has 0 saturated carbocycles. The summed E-state index contributed by atoms with van der Waals surface area (Å²) in [5, 5.41) is 6.14. The number of hydrogen-bond donors (Lipinski definition) is 2. The highest BCUT2D eigenvalue weighted by Gasteiger charge is 2.12. The second-order valence-electron chi connectivity index (χ2n) is 4.87. The summed E-state index contributed by atoms with van der Waals surface area (Å²) in [6.07, 6.45) is 0.681. The highest BCUT2D eigenvalue weighted by molar-refractivity contribution is 5.94. The maximum absolute atomic E-state index is 12.2. The molecule has 24 heavy (non-hydrogen) atoms. The Hall–Kier alpha value is -2.13. The topological polar surface area (TPSA) is 41.1 Å². The molecule has 0 spiro atoms. The summed E-state index contributed by atoms with van der Waals surface area (Å²) in [7, 11) is 1.85. The molecule has 0 heterocycles. The van der Waals surface area contributed by atoms with Crippen molar-refractivity contribution in [3.8, 4) is 0 Å². The Morgan fingerprint density at radius 3 is 2.12 bits per heavy atom. The van der Waals surface area contributed by atoms with E-state index in [9.17, 15) is 4.79 Å². The molecule has 2 aromatic carbocycles. The molecule has 1 atom stereocenters. The number of nitrogens with one attached hydrogen (secondary N) is 2. The fourth-order valence-electron chi connectivity index (χ4n) is 2.10. The summed E-state index contributed by atoms with van der Waals surface area (Å²) in [6, 6.07) is 17.7. The first-order chi connectivity index (χ1) is 11.7. The number of likely N-dealkylation sites (N-methyl/N-ethyl adjacent to an activating group) is 1.